The second-order valence-corrected chi connectivity index (χ2v) is 9.47. The van der Waals surface area contributed by atoms with E-state index in [1.807, 2.05) is 12.1 Å². The van der Waals surface area contributed by atoms with Gasteiger partial charge in [0.1, 0.15) is 0 Å². The van der Waals surface area contributed by atoms with E-state index in [-0.39, 0.29) is 23.1 Å². The number of aromatic nitrogens is 2. The van der Waals surface area contributed by atoms with Crippen molar-refractivity contribution in [3.8, 4) is 0 Å². The Morgan fingerprint density at radius 3 is 2.47 bits per heavy atom. The van der Waals surface area contributed by atoms with Gasteiger partial charge in [0.05, 0.1) is 16.8 Å². The summed E-state index contributed by atoms with van der Waals surface area (Å²) < 4.78 is 5.43. The van der Waals surface area contributed by atoms with E-state index >= 15 is 0 Å². The molecule has 2 aromatic carbocycles. The number of cyclic esters (lactones) is 1. The average molecular weight is 428 g/mol. The van der Waals surface area contributed by atoms with E-state index in [0.29, 0.717) is 29.9 Å². The Labute approximate surface area is 187 Å². The predicted molar refractivity (Wildman–Crippen MR) is 121 cm³/mol. The minimum Gasteiger partial charge on any atom is -0.434 e. The van der Waals surface area contributed by atoms with E-state index in [1.165, 1.54) is 5.56 Å². The molecule has 32 heavy (non-hydrogen) atoms. The molecule has 0 saturated heterocycles. The standard InChI is InChI=1S/C26H25N3O3/c1-26(2,3)17-10-8-15(9-11-17)16-12-21-20(22(30)13-16)14-27-25(28-21)29-23-18-6-4-5-7-19(18)24(31)32-23/h4-11,14,16,23H,12-13H2,1-3H3,(H,27,28,29)/t16-,23+/m0/s1. The number of benzene rings is 2. The number of esters is 1. The second-order valence-electron chi connectivity index (χ2n) is 9.47. The van der Waals surface area contributed by atoms with Crippen molar-refractivity contribution in [2.45, 2.75) is 51.2 Å². The van der Waals surface area contributed by atoms with Crippen molar-refractivity contribution in [2.24, 2.45) is 0 Å². The number of nitrogens with zero attached hydrogens (tertiary/aromatic N) is 2. The number of ether oxygens (including phenoxy) is 1. The van der Waals surface area contributed by atoms with Crippen LogP contribution in [0.5, 0.6) is 0 Å². The number of carbonyl (C=O) groups excluding carboxylic acids is 2. The van der Waals surface area contributed by atoms with Gasteiger partial charge in [-0.05, 0) is 34.9 Å². The highest BCUT2D eigenvalue weighted by Gasteiger charge is 2.32. The number of rotatable bonds is 3. The number of hydrogen-bond donors (Lipinski definition) is 1. The molecule has 0 spiro atoms. The summed E-state index contributed by atoms with van der Waals surface area (Å²) >= 11 is 0. The van der Waals surface area contributed by atoms with E-state index in [0.717, 1.165) is 16.8 Å². The van der Waals surface area contributed by atoms with E-state index in [2.05, 4.69) is 60.3 Å². The number of fused-ring (bicyclic) bond motifs is 2. The molecule has 0 saturated carbocycles. The molecule has 2 aliphatic rings. The van der Waals surface area contributed by atoms with Crippen LogP contribution in [0.1, 0.15) is 82.4 Å². The van der Waals surface area contributed by atoms with Gasteiger partial charge in [-0.3, -0.25) is 4.79 Å². The molecule has 3 aromatic rings. The Kier molecular flexibility index (Phi) is 4.81. The third-order valence-corrected chi connectivity index (χ3v) is 6.24. The molecule has 0 bridgehead atoms. The summed E-state index contributed by atoms with van der Waals surface area (Å²) in [4.78, 5) is 33.8. The van der Waals surface area contributed by atoms with Crippen LogP contribution in [0.15, 0.2) is 54.7 Å². The molecule has 2 atom stereocenters. The van der Waals surface area contributed by atoms with Crippen LogP contribution in [0.4, 0.5) is 5.95 Å². The van der Waals surface area contributed by atoms with Gasteiger partial charge >= 0.3 is 5.97 Å². The Morgan fingerprint density at radius 2 is 1.72 bits per heavy atom. The first-order chi connectivity index (χ1) is 15.3. The Bertz CT molecular complexity index is 1210. The molecule has 0 radical (unpaired) electrons. The van der Waals surface area contributed by atoms with Crippen molar-refractivity contribution in [1.82, 2.24) is 9.97 Å². The van der Waals surface area contributed by atoms with E-state index in [4.69, 9.17) is 4.74 Å². The smallest absolute Gasteiger partial charge is 0.340 e. The third kappa shape index (κ3) is 3.66. The largest absolute Gasteiger partial charge is 0.434 e. The fourth-order valence-electron chi connectivity index (χ4n) is 4.38. The summed E-state index contributed by atoms with van der Waals surface area (Å²) in [7, 11) is 0. The minimum absolute atomic E-state index is 0.0559. The highest BCUT2D eigenvalue weighted by Crippen LogP contribution is 2.34. The average Bonchev–Trinajstić information content (AvgIpc) is 3.08. The van der Waals surface area contributed by atoms with Crippen LogP contribution in [-0.4, -0.2) is 21.7 Å². The Balaban J connectivity index is 1.38. The van der Waals surface area contributed by atoms with Crippen molar-refractivity contribution < 1.29 is 14.3 Å². The maximum atomic E-state index is 12.8. The number of hydrogen-bond acceptors (Lipinski definition) is 6. The van der Waals surface area contributed by atoms with Gasteiger partial charge < -0.3 is 10.1 Å². The van der Waals surface area contributed by atoms with Gasteiger partial charge in [0.2, 0.25) is 12.2 Å². The van der Waals surface area contributed by atoms with Crippen molar-refractivity contribution in [3.05, 3.63) is 88.2 Å². The summed E-state index contributed by atoms with van der Waals surface area (Å²) in [6, 6.07) is 15.8. The molecule has 0 unspecified atom stereocenters. The van der Waals surface area contributed by atoms with Crippen LogP contribution in [-0.2, 0) is 16.6 Å². The summed E-state index contributed by atoms with van der Waals surface area (Å²) in [6.45, 7) is 6.57. The zero-order valence-corrected chi connectivity index (χ0v) is 18.4. The summed E-state index contributed by atoms with van der Waals surface area (Å²) in [5.74, 6) is 0.108. The van der Waals surface area contributed by atoms with Gasteiger partial charge in [-0.15, -0.1) is 0 Å². The van der Waals surface area contributed by atoms with Crippen molar-refractivity contribution in [1.29, 1.82) is 0 Å². The van der Waals surface area contributed by atoms with Gasteiger partial charge in [0.25, 0.3) is 0 Å². The molecule has 162 valence electrons. The lowest BCUT2D eigenvalue weighted by Gasteiger charge is -2.25. The summed E-state index contributed by atoms with van der Waals surface area (Å²) in [6.07, 6.45) is 2.05. The molecule has 6 nitrogen and oxygen atoms in total. The van der Waals surface area contributed by atoms with Gasteiger partial charge in [0, 0.05) is 18.2 Å². The molecule has 5 rings (SSSR count). The van der Waals surface area contributed by atoms with Crippen LogP contribution in [0.3, 0.4) is 0 Å². The first-order valence-corrected chi connectivity index (χ1v) is 10.9. The maximum absolute atomic E-state index is 12.8. The molecule has 6 heteroatoms. The monoisotopic (exact) mass is 427 g/mol. The lowest BCUT2D eigenvalue weighted by atomic mass is 9.80. The van der Waals surface area contributed by atoms with Crippen molar-refractivity contribution in [3.63, 3.8) is 0 Å². The van der Waals surface area contributed by atoms with E-state index < -0.39 is 6.23 Å². The number of ketones is 1. The second kappa shape index (κ2) is 7.55. The van der Waals surface area contributed by atoms with Crippen LogP contribution in [0, 0.1) is 0 Å². The van der Waals surface area contributed by atoms with Crippen LogP contribution in [0.2, 0.25) is 0 Å². The van der Waals surface area contributed by atoms with Crippen LogP contribution in [0.25, 0.3) is 0 Å². The van der Waals surface area contributed by atoms with E-state index in [9.17, 15) is 9.59 Å². The van der Waals surface area contributed by atoms with Crippen LogP contribution < -0.4 is 5.32 Å². The molecule has 1 aliphatic carbocycles. The Morgan fingerprint density at radius 1 is 0.969 bits per heavy atom. The zero-order chi connectivity index (χ0) is 22.5. The van der Waals surface area contributed by atoms with E-state index in [1.54, 1.807) is 18.3 Å². The quantitative estimate of drug-likeness (QED) is 0.595. The highest BCUT2D eigenvalue weighted by molar-refractivity contribution is 5.98. The molecule has 2 heterocycles. The SMILES string of the molecule is CC(C)(C)c1ccc([C@@H]2CC(=O)c3cnc(N[C@@H]4OC(=O)c5ccccc54)nc3C2)cc1. The zero-order valence-electron chi connectivity index (χ0n) is 18.4. The van der Waals surface area contributed by atoms with Crippen molar-refractivity contribution >= 4 is 17.7 Å². The minimum atomic E-state index is -0.642. The van der Waals surface area contributed by atoms with Gasteiger partial charge in [-0.2, -0.15) is 0 Å². The lowest BCUT2D eigenvalue weighted by molar-refractivity contribution is 0.0436. The normalized spacial score (nSPS) is 19.8. The molecular formula is C26H25N3O3. The number of anilines is 1. The Hall–Kier alpha value is -3.54. The first kappa shape index (κ1) is 20.4. The third-order valence-electron chi connectivity index (χ3n) is 6.24. The molecule has 1 aromatic heterocycles. The molecule has 1 N–H and O–H groups in total. The first-order valence-electron chi connectivity index (χ1n) is 10.9. The van der Waals surface area contributed by atoms with Gasteiger partial charge in [0.15, 0.2) is 5.78 Å². The molecular weight excluding hydrogens is 402 g/mol. The van der Waals surface area contributed by atoms with Gasteiger partial charge in [-0.25, -0.2) is 14.8 Å². The maximum Gasteiger partial charge on any atom is 0.340 e. The number of nitrogens with one attached hydrogen (secondary N) is 1. The lowest BCUT2D eigenvalue weighted by Crippen LogP contribution is -2.22. The predicted octanol–water partition coefficient (Wildman–Crippen LogP) is 4.97. The summed E-state index contributed by atoms with van der Waals surface area (Å²) in [5.41, 5.74) is 5.09. The van der Waals surface area contributed by atoms with Gasteiger partial charge in [-0.1, -0.05) is 63.2 Å². The fourth-order valence-corrected chi connectivity index (χ4v) is 4.38. The number of Topliss-reactive ketones (excluding diaryl/α,β-unsaturated/α-hetero) is 1. The topological polar surface area (TPSA) is 81.2 Å². The molecule has 0 fully saturated rings. The van der Waals surface area contributed by atoms with Crippen LogP contribution >= 0.6 is 0 Å². The molecule has 0 amide bonds. The summed E-state index contributed by atoms with van der Waals surface area (Å²) in [5, 5.41) is 3.09. The number of carbonyl (C=O) groups is 2. The van der Waals surface area contributed by atoms with Crippen molar-refractivity contribution in [2.75, 3.05) is 5.32 Å². The fraction of sp³-hybridized carbons (Fsp3) is 0.308. The highest BCUT2D eigenvalue weighted by atomic mass is 16.6. The molecule has 1 aliphatic heterocycles.